The third-order valence-electron chi connectivity index (χ3n) is 6.02. The first-order chi connectivity index (χ1) is 10.5. The van der Waals surface area contributed by atoms with Gasteiger partial charge in [-0.1, -0.05) is 32.9 Å². The maximum Gasteiger partial charge on any atom is 0.124 e. The summed E-state index contributed by atoms with van der Waals surface area (Å²) in [5, 5.41) is 12.3. The molecule has 2 heteroatoms. The van der Waals surface area contributed by atoms with E-state index in [-0.39, 0.29) is 5.60 Å². The monoisotopic (exact) mass is 296 g/mol. The second kappa shape index (κ2) is 4.65. The highest BCUT2D eigenvalue weighted by atomic mass is 16.5. The molecular formula is C20H24O2. The van der Waals surface area contributed by atoms with Crippen molar-refractivity contribution in [3.05, 3.63) is 35.9 Å². The van der Waals surface area contributed by atoms with E-state index in [0.29, 0.717) is 23.5 Å². The lowest BCUT2D eigenvalue weighted by molar-refractivity contribution is -0.0466. The van der Waals surface area contributed by atoms with Crippen LogP contribution in [0.15, 0.2) is 30.3 Å². The summed E-state index contributed by atoms with van der Waals surface area (Å²) >= 11 is 0. The summed E-state index contributed by atoms with van der Waals surface area (Å²) in [4.78, 5) is 0. The average Bonchev–Trinajstić information content (AvgIpc) is 2.50. The Kier molecular flexibility index (Phi) is 2.94. The number of phenols is 1. The maximum absolute atomic E-state index is 9.92. The molecule has 116 valence electrons. The van der Waals surface area contributed by atoms with Crippen LogP contribution in [0.1, 0.15) is 51.5 Å². The van der Waals surface area contributed by atoms with Crippen molar-refractivity contribution in [3.8, 4) is 11.5 Å². The Labute approximate surface area is 132 Å². The summed E-state index contributed by atoms with van der Waals surface area (Å²) < 4.78 is 6.57. The van der Waals surface area contributed by atoms with E-state index in [9.17, 15) is 5.11 Å². The zero-order valence-electron chi connectivity index (χ0n) is 13.6. The first kappa shape index (κ1) is 13.9. The van der Waals surface area contributed by atoms with Gasteiger partial charge in [0.15, 0.2) is 0 Å². The number of ether oxygens (including phenoxy) is 1. The van der Waals surface area contributed by atoms with E-state index < -0.39 is 0 Å². The molecule has 2 aliphatic rings. The van der Waals surface area contributed by atoms with E-state index >= 15 is 0 Å². The average molecular weight is 296 g/mol. The van der Waals surface area contributed by atoms with Gasteiger partial charge in [-0.15, -0.1) is 0 Å². The Morgan fingerprint density at radius 2 is 2.00 bits per heavy atom. The highest BCUT2D eigenvalue weighted by Crippen LogP contribution is 2.55. The Hall–Kier alpha value is -1.70. The Morgan fingerprint density at radius 3 is 2.77 bits per heavy atom. The summed E-state index contributed by atoms with van der Waals surface area (Å²) in [6.45, 7) is 6.93. The van der Waals surface area contributed by atoms with Crippen molar-refractivity contribution in [1.29, 1.82) is 0 Å². The first-order valence-electron chi connectivity index (χ1n) is 8.45. The molecule has 0 spiro atoms. The van der Waals surface area contributed by atoms with Gasteiger partial charge in [0, 0.05) is 5.56 Å². The highest BCUT2D eigenvalue weighted by Gasteiger charge is 2.48. The smallest absolute Gasteiger partial charge is 0.124 e. The Bertz CT molecular complexity index is 734. The van der Waals surface area contributed by atoms with Gasteiger partial charge in [-0.25, -0.2) is 0 Å². The molecule has 2 aromatic rings. The fourth-order valence-electron chi connectivity index (χ4n) is 4.47. The molecule has 0 saturated heterocycles. The van der Waals surface area contributed by atoms with Crippen LogP contribution < -0.4 is 4.74 Å². The third-order valence-corrected chi connectivity index (χ3v) is 6.02. The first-order valence-corrected chi connectivity index (χ1v) is 8.45. The molecule has 1 aliphatic heterocycles. The molecule has 0 amide bonds. The molecular weight excluding hydrogens is 272 g/mol. The molecule has 2 bridgehead atoms. The second-order valence-electron chi connectivity index (χ2n) is 7.53. The number of benzene rings is 2. The second-order valence-corrected chi connectivity index (χ2v) is 7.53. The number of aromatic hydroxyl groups is 1. The molecule has 22 heavy (non-hydrogen) atoms. The summed E-state index contributed by atoms with van der Waals surface area (Å²) in [5.41, 5.74) is 1.31. The molecule has 1 saturated carbocycles. The van der Waals surface area contributed by atoms with E-state index in [1.54, 1.807) is 6.07 Å². The van der Waals surface area contributed by atoms with Crippen LogP contribution in [-0.4, -0.2) is 10.7 Å². The molecule has 1 fully saturated rings. The molecule has 2 nitrogen and oxygen atoms in total. The minimum atomic E-state index is -0.00528. The number of hydrogen-bond donors (Lipinski definition) is 1. The van der Waals surface area contributed by atoms with Gasteiger partial charge in [0.1, 0.15) is 17.1 Å². The molecule has 1 aliphatic carbocycles. The van der Waals surface area contributed by atoms with Gasteiger partial charge in [0.25, 0.3) is 0 Å². The lowest BCUT2D eigenvalue weighted by atomic mass is 9.64. The van der Waals surface area contributed by atoms with Crippen LogP contribution in [0.2, 0.25) is 0 Å². The third kappa shape index (κ3) is 1.86. The molecule has 1 N–H and O–H groups in total. The Balaban J connectivity index is 1.96. The number of rotatable bonds is 1. The lowest BCUT2D eigenvalue weighted by Crippen LogP contribution is -2.49. The van der Waals surface area contributed by atoms with Gasteiger partial charge in [-0.05, 0) is 66.0 Å². The van der Waals surface area contributed by atoms with Crippen molar-refractivity contribution in [2.24, 2.45) is 11.8 Å². The van der Waals surface area contributed by atoms with Crippen LogP contribution >= 0.6 is 0 Å². The fraction of sp³-hybridized carbons (Fsp3) is 0.500. The van der Waals surface area contributed by atoms with Gasteiger partial charge in [-0.2, -0.15) is 0 Å². The minimum Gasteiger partial charge on any atom is -0.508 e. The molecule has 0 aromatic heterocycles. The summed E-state index contributed by atoms with van der Waals surface area (Å²) in [5.74, 6) is 3.10. The van der Waals surface area contributed by atoms with Gasteiger partial charge >= 0.3 is 0 Å². The normalized spacial score (nSPS) is 30.2. The molecule has 3 atom stereocenters. The standard InChI is InChI=1S/C20H24O2/c1-12(2)20-9-8-13(3)17(11-20)19-16-10-15(21)6-4-14(16)5-7-18(19)22-20/h4-7,10,12-13,17,21H,8-9,11H2,1-3H3/t13-,17-,20-/m1/s1. The van der Waals surface area contributed by atoms with Crippen LogP contribution in [-0.2, 0) is 0 Å². The van der Waals surface area contributed by atoms with Crippen LogP contribution in [0, 0.1) is 11.8 Å². The lowest BCUT2D eigenvalue weighted by Gasteiger charge is -2.51. The molecule has 2 aromatic carbocycles. The van der Waals surface area contributed by atoms with Crippen LogP contribution in [0.4, 0.5) is 0 Å². The number of phenolic OH excluding ortho intramolecular Hbond substituents is 1. The van der Waals surface area contributed by atoms with Crippen molar-refractivity contribution < 1.29 is 9.84 Å². The van der Waals surface area contributed by atoms with Gasteiger partial charge < -0.3 is 9.84 Å². The zero-order valence-corrected chi connectivity index (χ0v) is 13.6. The molecule has 0 radical (unpaired) electrons. The van der Waals surface area contributed by atoms with Gasteiger partial charge in [0.05, 0.1) is 0 Å². The van der Waals surface area contributed by atoms with E-state index in [1.807, 2.05) is 12.1 Å². The minimum absolute atomic E-state index is 0.00528. The molecule has 4 rings (SSSR count). The fourth-order valence-corrected chi connectivity index (χ4v) is 4.47. The number of fused-ring (bicyclic) bond motifs is 6. The van der Waals surface area contributed by atoms with Crippen LogP contribution in [0.25, 0.3) is 10.8 Å². The summed E-state index contributed by atoms with van der Waals surface area (Å²) in [6, 6.07) is 9.93. The van der Waals surface area contributed by atoms with Crippen molar-refractivity contribution in [3.63, 3.8) is 0 Å². The maximum atomic E-state index is 9.92. The van der Waals surface area contributed by atoms with Crippen molar-refractivity contribution in [1.82, 2.24) is 0 Å². The predicted molar refractivity (Wildman–Crippen MR) is 89.6 cm³/mol. The SMILES string of the molecule is CC(C)[C@@]12CC[C@@H](C)[C@@H](C1)c1c(ccc3ccc(O)cc13)O2. The largest absolute Gasteiger partial charge is 0.508 e. The van der Waals surface area contributed by atoms with Crippen LogP contribution in [0.5, 0.6) is 11.5 Å². The highest BCUT2D eigenvalue weighted by molar-refractivity contribution is 5.89. The topological polar surface area (TPSA) is 29.5 Å². The van der Waals surface area contributed by atoms with E-state index in [1.165, 1.54) is 17.4 Å². The van der Waals surface area contributed by atoms with Gasteiger partial charge in [-0.3, -0.25) is 0 Å². The summed E-state index contributed by atoms with van der Waals surface area (Å²) in [7, 11) is 0. The molecule has 0 unspecified atom stereocenters. The Morgan fingerprint density at radius 1 is 1.23 bits per heavy atom. The van der Waals surface area contributed by atoms with Crippen molar-refractivity contribution in [2.45, 2.75) is 51.6 Å². The van der Waals surface area contributed by atoms with E-state index in [0.717, 1.165) is 24.0 Å². The number of hydrogen-bond acceptors (Lipinski definition) is 2. The van der Waals surface area contributed by atoms with E-state index in [4.69, 9.17) is 4.74 Å². The van der Waals surface area contributed by atoms with Crippen LogP contribution in [0.3, 0.4) is 0 Å². The predicted octanol–water partition coefficient (Wildman–Crippen LogP) is 5.24. The van der Waals surface area contributed by atoms with E-state index in [2.05, 4.69) is 32.9 Å². The van der Waals surface area contributed by atoms with Crippen molar-refractivity contribution in [2.75, 3.05) is 0 Å². The quantitative estimate of drug-likeness (QED) is 0.780. The molecule has 1 heterocycles. The zero-order chi connectivity index (χ0) is 15.5. The van der Waals surface area contributed by atoms with Gasteiger partial charge in [0.2, 0.25) is 0 Å². The van der Waals surface area contributed by atoms with Crippen molar-refractivity contribution >= 4 is 10.8 Å². The summed E-state index contributed by atoms with van der Waals surface area (Å²) in [6.07, 6.45) is 3.48.